The Balaban J connectivity index is 2.59. The van der Waals surface area contributed by atoms with Gasteiger partial charge in [-0.25, -0.2) is 0 Å². The molecule has 0 bridgehead atoms. The molecule has 2 nitrogen and oxygen atoms in total. The van der Waals surface area contributed by atoms with Gasteiger partial charge in [0.05, 0.1) is 13.1 Å². The molecule has 0 aliphatic carbocycles. The van der Waals surface area contributed by atoms with E-state index in [1.54, 1.807) is 12.1 Å². The highest BCUT2D eigenvalue weighted by Crippen LogP contribution is 2.15. The normalized spacial score (nSPS) is 11.9. The smallest absolute Gasteiger partial charge is 0.293 e. The van der Waals surface area contributed by atoms with Crippen LogP contribution >= 0.6 is 0 Å². The minimum absolute atomic E-state index is 0.231. The minimum Gasteiger partial charge on any atom is -0.293 e. The maximum absolute atomic E-state index is 12.1. The molecule has 0 heterocycles. The van der Waals surface area contributed by atoms with Crippen molar-refractivity contribution < 1.29 is 18.0 Å². The third-order valence-electron chi connectivity index (χ3n) is 2.55. The van der Waals surface area contributed by atoms with E-state index in [4.69, 9.17) is 0 Å². The minimum atomic E-state index is -4.28. The van der Waals surface area contributed by atoms with Crippen molar-refractivity contribution >= 4 is 5.78 Å². The maximum atomic E-state index is 12.1. The predicted octanol–water partition coefficient (Wildman–Crippen LogP) is 2.93. The van der Waals surface area contributed by atoms with E-state index in [2.05, 4.69) is 0 Å². The van der Waals surface area contributed by atoms with Crippen molar-refractivity contribution in [2.75, 3.05) is 20.1 Å². The average Bonchev–Trinajstić information content (AvgIpc) is 2.26. The molecular weight excluding hydrogens is 243 g/mol. The van der Waals surface area contributed by atoms with Gasteiger partial charge in [0, 0.05) is 5.56 Å². The van der Waals surface area contributed by atoms with Gasteiger partial charge >= 0.3 is 6.18 Å². The molecule has 1 aromatic carbocycles. The third kappa shape index (κ3) is 4.87. The molecule has 0 fully saturated rings. The standard InChI is InChI=1S/C13H16F3NO/c1-3-10-4-6-11(7-5-10)12(18)8-17(2)9-13(14,15)16/h4-7H,3,8-9H2,1-2H3. The fourth-order valence-electron chi connectivity index (χ4n) is 1.62. The van der Waals surface area contributed by atoms with Crippen molar-refractivity contribution in [3.05, 3.63) is 35.4 Å². The SMILES string of the molecule is CCc1ccc(C(=O)CN(C)CC(F)(F)F)cc1. The lowest BCUT2D eigenvalue weighted by Gasteiger charge is -2.17. The zero-order valence-corrected chi connectivity index (χ0v) is 10.4. The molecular formula is C13H16F3NO. The van der Waals surface area contributed by atoms with Gasteiger partial charge in [0.2, 0.25) is 0 Å². The van der Waals surface area contributed by atoms with Crippen molar-refractivity contribution in [2.45, 2.75) is 19.5 Å². The lowest BCUT2D eigenvalue weighted by atomic mass is 10.1. The van der Waals surface area contributed by atoms with Crippen molar-refractivity contribution in [3.63, 3.8) is 0 Å². The Bertz CT molecular complexity index is 398. The first kappa shape index (κ1) is 14.7. The summed E-state index contributed by atoms with van der Waals surface area (Å²) in [5, 5.41) is 0. The lowest BCUT2D eigenvalue weighted by Crippen LogP contribution is -2.34. The second-order valence-corrected chi connectivity index (χ2v) is 4.26. The number of alkyl halides is 3. The van der Waals surface area contributed by atoms with E-state index in [9.17, 15) is 18.0 Å². The van der Waals surface area contributed by atoms with Gasteiger partial charge in [-0.1, -0.05) is 31.2 Å². The molecule has 0 aliphatic rings. The number of Topliss-reactive ketones (excluding diaryl/α,β-unsaturated/α-hetero) is 1. The van der Waals surface area contributed by atoms with Crippen LogP contribution < -0.4 is 0 Å². The van der Waals surface area contributed by atoms with Crippen LogP contribution in [0.3, 0.4) is 0 Å². The first-order chi connectivity index (χ1) is 8.31. The molecule has 5 heteroatoms. The quantitative estimate of drug-likeness (QED) is 0.758. The van der Waals surface area contributed by atoms with Crippen LogP contribution in [0.25, 0.3) is 0 Å². The summed E-state index contributed by atoms with van der Waals surface area (Å²) in [5.74, 6) is -0.301. The number of nitrogens with zero attached hydrogens (tertiary/aromatic N) is 1. The fourth-order valence-corrected chi connectivity index (χ4v) is 1.62. The molecule has 0 radical (unpaired) electrons. The second-order valence-electron chi connectivity index (χ2n) is 4.26. The lowest BCUT2D eigenvalue weighted by molar-refractivity contribution is -0.141. The van der Waals surface area contributed by atoms with E-state index < -0.39 is 12.7 Å². The monoisotopic (exact) mass is 259 g/mol. The molecule has 0 saturated carbocycles. The zero-order chi connectivity index (χ0) is 13.8. The van der Waals surface area contributed by atoms with Gasteiger partial charge in [-0.05, 0) is 19.0 Å². The van der Waals surface area contributed by atoms with E-state index in [0.29, 0.717) is 5.56 Å². The Morgan fingerprint density at radius 3 is 2.22 bits per heavy atom. The molecule has 0 amide bonds. The van der Waals surface area contributed by atoms with E-state index in [1.165, 1.54) is 7.05 Å². The van der Waals surface area contributed by atoms with Gasteiger partial charge in [-0.15, -0.1) is 0 Å². The number of rotatable bonds is 5. The van der Waals surface area contributed by atoms with Gasteiger partial charge < -0.3 is 0 Å². The highest BCUT2D eigenvalue weighted by atomic mass is 19.4. The highest BCUT2D eigenvalue weighted by molar-refractivity contribution is 5.97. The number of likely N-dealkylation sites (N-methyl/N-ethyl adjacent to an activating group) is 1. The van der Waals surface area contributed by atoms with Crippen LogP contribution in [-0.4, -0.2) is 37.0 Å². The van der Waals surface area contributed by atoms with Crippen LogP contribution in [-0.2, 0) is 6.42 Å². The van der Waals surface area contributed by atoms with Crippen LogP contribution in [0.15, 0.2) is 24.3 Å². The largest absolute Gasteiger partial charge is 0.401 e. The Kier molecular flexibility index (Phi) is 4.90. The van der Waals surface area contributed by atoms with E-state index >= 15 is 0 Å². The van der Waals surface area contributed by atoms with Crippen LogP contribution in [0.2, 0.25) is 0 Å². The summed E-state index contributed by atoms with van der Waals surface area (Å²) in [6.07, 6.45) is -3.41. The summed E-state index contributed by atoms with van der Waals surface area (Å²) < 4.78 is 36.3. The number of carbonyl (C=O) groups excluding carboxylic acids is 1. The molecule has 100 valence electrons. The molecule has 0 atom stereocenters. The molecule has 0 unspecified atom stereocenters. The van der Waals surface area contributed by atoms with Crippen LogP contribution in [0.5, 0.6) is 0 Å². The first-order valence-electron chi connectivity index (χ1n) is 5.69. The van der Waals surface area contributed by atoms with Gasteiger partial charge in [-0.2, -0.15) is 13.2 Å². The van der Waals surface area contributed by atoms with Crippen molar-refractivity contribution in [3.8, 4) is 0 Å². The fraction of sp³-hybridized carbons (Fsp3) is 0.462. The van der Waals surface area contributed by atoms with Crippen molar-refractivity contribution in [1.29, 1.82) is 0 Å². The number of benzene rings is 1. The summed E-state index contributed by atoms with van der Waals surface area (Å²) in [5.41, 5.74) is 1.54. The van der Waals surface area contributed by atoms with Crippen molar-refractivity contribution in [2.24, 2.45) is 0 Å². The Labute approximate surface area is 104 Å². The van der Waals surface area contributed by atoms with Crippen LogP contribution in [0.1, 0.15) is 22.8 Å². The zero-order valence-electron chi connectivity index (χ0n) is 10.4. The third-order valence-corrected chi connectivity index (χ3v) is 2.55. The van der Waals surface area contributed by atoms with E-state index in [1.807, 2.05) is 19.1 Å². The highest BCUT2D eigenvalue weighted by Gasteiger charge is 2.29. The topological polar surface area (TPSA) is 20.3 Å². The predicted molar refractivity (Wildman–Crippen MR) is 63.7 cm³/mol. The molecule has 1 aromatic rings. The summed E-state index contributed by atoms with van der Waals surface area (Å²) in [6, 6.07) is 6.94. The number of hydrogen-bond acceptors (Lipinski definition) is 2. The molecule has 0 aromatic heterocycles. The summed E-state index contributed by atoms with van der Waals surface area (Å²) >= 11 is 0. The Morgan fingerprint density at radius 1 is 1.22 bits per heavy atom. The Morgan fingerprint density at radius 2 is 1.78 bits per heavy atom. The second kappa shape index (κ2) is 6.00. The molecule has 0 aliphatic heterocycles. The molecule has 18 heavy (non-hydrogen) atoms. The maximum Gasteiger partial charge on any atom is 0.401 e. The van der Waals surface area contributed by atoms with Gasteiger partial charge in [0.1, 0.15) is 0 Å². The Hall–Kier alpha value is -1.36. The van der Waals surface area contributed by atoms with Crippen LogP contribution in [0, 0.1) is 0 Å². The molecule has 0 saturated heterocycles. The van der Waals surface area contributed by atoms with Gasteiger partial charge in [-0.3, -0.25) is 9.69 Å². The van der Waals surface area contributed by atoms with Crippen LogP contribution in [0.4, 0.5) is 13.2 Å². The molecule has 1 rings (SSSR count). The number of halogens is 3. The molecule has 0 spiro atoms. The number of carbonyl (C=O) groups is 1. The van der Waals surface area contributed by atoms with Crippen molar-refractivity contribution in [1.82, 2.24) is 4.90 Å². The summed E-state index contributed by atoms with van der Waals surface area (Å²) in [6.45, 7) is 0.685. The number of hydrogen-bond donors (Lipinski definition) is 0. The average molecular weight is 259 g/mol. The van der Waals surface area contributed by atoms with E-state index in [0.717, 1.165) is 16.9 Å². The summed E-state index contributed by atoms with van der Waals surface area (Å²) in [4.78, 5) is 12.7. The number of aryl methyl sites for hydroxylation is 1. The van der Waals surface area contributed by atoms with E-state index in [-0.39, 0.29) is 12.3 Å². The molecule has 0 N–H and O–H groups in total. The van der Waals surface area contributed by atoms with Gasteiger partial charge in [0.25, 0.3) is 0 Å². The summed E-state index contributed by atoms with van der Waals surface area (Å²) in [7, 11) is 1.28. The first-order valence-corrected chi connectivity index (χ1v) is 5.69. The van der Waals surface area contributed by atoms with Gasteiger partial charge in [0.15, 0.2) is 5.78 Å². The number of ketones is 1.